The van der Waals surface area contributed by atoms with Gasteiger partial charge in [-0.2, -0.15) is 0 Å². The van der Waals surface area contributed by atoms with Gasteiger partial charge in [0.25, 0.3) is 0 Å². The van der Waals surface area contributed by atoms with Crippen LogP contribution in [0.4, 0.5) is 0 Å². The molecule has 0 spiro atoms. The molecule has 2 fully saturated rings. The molecule has 1 aliphatic carbocycles. The van der Waals surface area contributed by atoms with E-state index in [4.69, 9.17) is 4.74 Å². The summed E-state index contributed by atoms with van der Waals surface area (Å²) in [4.78, 5) is 11.8. The molecule has 1 amide bonds. The minimum absolute atomic E-state index is 0.0251. The lowest BCUT2D eigenvalue weighted by atomic mass is 9.87. The molecule has 1 aliphatic heterocycles. The van der Waals surface area contributed by atoms with Crippen LogP contribution < -0.4 is 5.32 Å². The van der Waals surface area contributed by atoms with E-state index >= 15 is 0 Å². The van der Waals surface area contributed by atoms with Crippen molar-refractivity contribution in [2.24, 2.45) is 11.3 Å². The summed E-state index contributed by atoms with van der Waals surface area (Å²) < 4.78 is 5.19. The topological polar surface area (TPSA) is 58.6 Å². The minimum atomic E-state index is -0.0465. The van der Waals surface area contributed by atoms with Crippen molar-refractivity contribution in [2.75, 3.05) is 26.4 Å². The highest BCUT2D eigenvalue weighted by Gasteiger charge is 2.34. The van der Waals surface area contributed by atoms with Crippen LogP contribution in [0.3, 0.4) is 0 Å². The molecule has 0 bridgehead atoms. The SMILES string of the molecule is O=C(NCC1(CO)CCCC1)C1CCOC1. The van der Waals surface area contributed by atoms with Crippen LogP contribution in [-0.2, 0) is 9.53 Å². The molecule has 4 nitrogen and oxygen atoms in total. The van der Waals surface area contributed by atoms with E-state index in [1.807, 2.05) is 0 Å². The van der Waals surface area contributed by atoms with Crippen LogP contribution in [0.1, 0.15) is 32.1 Å². The van der Waals surface area contributed by atoms with Crippen LogP contribution in [-0.4, -0.2) is 37.4 Å². The number of carbonyl (C=O) groups excluding carboxylic acids is 1. The maximum atomic E-state index is 11.8. The van der Waals surface area contributed by atoms with E-state index in [1.54, 1.807) is 0 Å². The molecule has 1 atom stereocenters. The van der Waals surface area contributed by atoms with Crippen LogP contribution in [0, 0.1) is 11.3 Å². The van der Waals surface area contributed by atoms with E-state index in [1.165, 1.54) is 12.8 Å². The van der Waals surface area contributed by atoms with Gasteiger partial charge in [0, 0.05) is 18.6 Å². The standard InChI is InChI=1S/C12H21NO3/c14-9-12(4-1-2-5-12)8-13-11(15)10-3-6-16-7-10/h10,14H,1-9H2,(H,13,15). The van der Waals surface area contributed by atoms with Gasteiger partial charge in [-0.1, -0.05) is 12.8 Å². The van der Waals surface area contributed by atoms with Gasteiger partial charge >= 0.3 is 0 Å². The second-order valence-electron chi connectivity index (χ2n) is 5.14. The van der Waals surface area contributed by atoms with Gasteiger partial charge in [-0.15, -0.1) is 0 Å². The van der Waals surface area contributed by atoms with Crippen molar-refractivity contribution in [3.05, 3.63) is 0 Å². The van der Waals surface area contributed by atoms with E-state index in [-0.39, 0.29) is 23.8 Å². The molecule has 92 valence electrons. The Bertz CT molecular complexity index is 243. The van der Waals surface area contributed by atoms with Crippen molar-refractivity contribution >= 4 is 5.91 Å². The molecule has 0 aromatic rings. The molecule has 1 saturated carbocycles. The largest absolute Gasteiger partial charge is 0.396 e. The highest BCUT2D eigenvalue weighted by Crippen LogP contribution is 2.36. The number of hydrogen-bond donors (Lipinski definition) is 2. The third-order valence-electron chi connectivity index (χ3n) is 3.94. The van der Waals surface area contributed by atoms with Gasteiger partial charge in [-0.05, 0) is 19.3 Å². The smallest absolute Gasteiger partial charge is 0.225 e. The molecule has 1 saturated heterocycles. The van der Waals surface area contributed by atoms with E-state index < -0.39 is 0 Å². The number of rotatable bonds is 4. The van der Waals surface area contributed by atoms with E-state index in [9.17, 15) is 9.90 Å². The predicted molar refractivity (Wildman–Crippen MR) is 59.9 cm³/mol. The first-order valence-electron chi connectivity index (χ1n) is 6.22. The van der Waals surface area contributed by atoms with Gasteiger partial charge in [0.2, 0.25) is 5.91 Å². The van der Waals surface area contributed by atoms with Crippen LogP contribution in [0.2, 0.25) is 0 Å². The lowest BCUT2D eigenvalue weighted by Gasteiger charge is -2.27. The number of aliphatic hydroxyl groups is 1. The summed E-state index contributed by atoms with van der Waals surface area (Å²) in [5.41, 5.74) is -0.0465. The number of nitrogens with one attached hydrogen (secondary N) is 1. The van der Waals surface area contributed by atoms with E-state index in [0.29, 0.717) is 19.8 Å². The summed E-state index contributed by atoms with van der Waals surface area (Å²) >= 11 is 0. The molecular formula is C12H21NO3. The van der Waals surface area contributed by atoms with Gasteiger partial charge in [-0.3, -0.25) is 4.79 Å². The molecule has 0 aromatic heterocycles. The quantitative estimate of drug-likeness (QED) is 0.743. The summed E-state index contributed by atoms with van der Waals surface area (Å²) in [6, 6.07) is 0. The number of aliphatic hydroxyl groups excluding tert-OH is 1. The van der Waals surface area contributed by atoms with Crippen molar-refractivity contribution in [3.63, 3.8) is 0 Å². The summed E-state index contributed by atoms with van der Waals surface area (Å²) in [6.07, 6.45) is 5.24. The highest BCUT2D eigenvalue weighted by molar-refractivity contribution is 5.79. The maximum absolute atomic E-state index is 11.8. The molecule has 1 heterocycles. The Hall–Kier alpha value is -0.610. The van der Waals surface area contributed by atoms with Gasteiger partial charge in [0.15, 0.2) is 0 Å². The molecule has 4 heteroatoms. The lowest BCUT2D eigenvalue weighted by molar-refractivity contribution is -0.125. The van der Waals surface area contributed by atoms with Crippen molar-refractivity contribution in [1.82, 2.24) is 5.32 Å². The fourth-order valence-corrected chi connectivity index (χ4v) is 2.68. The zero-order valence-corrected chi connectivity index (χ0v) is 9.71. The van der Waals surface area contributed by atoms with E-state index in [0.717, 1.165) is 19.3 Å². The Kier molecular flexibility index (Phi) is 3.82. The number of hydrogen-bond acceptors (Lipinski definition) is 3. The Labute approximate surface area is 96.4 Å². The minimum Gasteiger partial charge on any atom is -0.396 e. The first-order chi connectivity index (χ1) is 7.76. The summed E-state index contributed by atoms with van der Waals surface area (Å²) in [7, 11) is 0. The first-order valence-corrected chi connectivity index (χ1v) is 6.22. The zero-order valence-electron chi connectivity index (χ0n) is 9.71. The second kappa shape index (κ2) is 5.15. The molecule has 2 aliphatic rings. The normalized spacial score (nSPS) is 28.2. The molecule has 16 heavy (non-hydrogen) atoms. The van der Waals surface area contributed by atoms with Gasteiger partial charge in [-0.25, -0.2) is 0 Å². The fourth-order valence-electron chi connectivity index (χ4n) is 2.68. The van der Waals surface area contributed by atoms with Crippen LogP contribution in [0.5, 0.6) is 0 Å². The van der Waals surface area contributed by atoms with Gasteiger partial charge in [0.05, 0.1) is 19.1 Å². The molecule has 0 aromatic carbocycles. The highest BCUT2D eigenvalue weighted by atomic mass is 16.5. The van der Waals surface area contributed by atoms with Crippen molar-refractivity contribution in [2.45, 2.75) is 32.1 Å². The third-order valence-corrected chi connectivity index (χ3v) is 3.94. The van der Waals surface area contributed by atoms with E-state index in [2.05, 4.69) is 5.32 Å². The van der Waals surface area contributed by atoms with Crippen LogP contribution in [0.25, 0.3) is 0 Å². The Morgan fingerprint density at radius 2 is 2.19 bits per heavy atom. The van der Waals surface area contributed by atoms with Crippen molar-refractivity contribution in [1.29, 1.82) is 0 Å². The summed E-state index contributed by atoms with van der Waals surface area (Å²) in [6.45, 7) is 2.06. The molecule has 2 rings (SSSR count). The second-order valence-corrected chi connectivity index (χ2v) is 5.14. The van der Waals surface area contributed by atoms with Gasteiger partial charge in [0.1, 0.15) is 0 Å². The molecule has 0 radical (unpaired) electrons. The number of amides is 1. The first kappa shape index (κ1) is 11.9. The molecular weight excluding hydrogens is 206 g/mol. The Morgan fingerprint density at radius 3 is 2.75 bits per heavy atom. The zero-order chi connectivity index (χ0) is 11.4. The lowest BCUT2D eigenvalue weighted by Crippen LogP contribution is -2.41. The predicted octanol–water partition coefficient (Wildman–Crippen LogP) is 0.692. The average Bonchev–Trinajstić information content (AvgIpc) is 2.98. The molecule has 2 N–H and O–H groups in total. The average molecular weight is 227 g/mol. The van der Waals surface area contributed by atoms with Gasteiger partial charge < -0.3 is 15.2 Å². The Morgan fingerprint density at radius 1 is 1.44 bits per heavy atom. The Balaban J connectivity index is 1.79. The monoisotopic (exact) mass is 227 g/mol. The van der Waals surface area contributed by atoms with Crippen molar-refractivity contribution in [3.8, 4) is 0 Å². The summed E-state index contributed by atoms with van der Waals surface area (Å²) in [5, 5.41) is 12.4. The van der Waals surface area contributed by atoms with Crippen LogP contribution >= 0.6 is 0 Å². The summed E-state index contributed by atoms with van der Waals surface area (Å²) in [5.74, 6) is 0.120. The van der Waals surface area contributed by atoms with Crippen LogP contribution in [0.15, 0.2) is 0 Å². The van der Waals surface area contributed by atoms with Crippen molar-refractivity contribution < 1.29 is 14.6 Å². The molecule has 1 unspecified atom stereocenters. The maximum Gasteiger partial charge on any atom is 0.225 e. The number of carbonyl (C=O) groups is 1. The fraction of sp³-hybridized carbons (Fsp3) is 0.917. The number of ether oxygens (including phenoxy) is 1. The third kappa shape index (κ3) is 2.55.